The Morgan fingerprint density at radius 2 is 1.86 bits per heavy atom. The van der Waals surface area contributed by atoms with Crippen molar-refractivity contribution in [3.8, 4) is 0 Å². The largest absolute Gasteiger partial charge is 0.354 e. The van der Waals surface area contributed by atoms with E-state index in [0.717, 1.165) is 17.9 Å². The van der Waals surface area contributed by atoms with Crippen molar-refractivity contribution in [2.75, 3.05) is 27.7 Å². The molecule has 0 saturated carbocycles. The molecule has 1 rings (SSSR count). The Morgan fingerprint density at radius 3 is 2.32 bits per heavy atom. The maximum atomic E-state index is 13.0. The molecular weight excluding hydrogens is 394 g/mol. The van der Waals surface area contributed by atoms with Gasteiger partial charge in [0, 0.05) is 19.6 Å². The van der Waals surface area contributed by atoms with Crippen LogP contribution in [0.4, 0.5) is 4.39 Å². The van der Waals surface area contributed by atoms with Crippen molar-refractivity contribution < 1.29 is 4.39 Å². The molecule has 6 heteroatoms. The molecule has 0 bridgehead atoms. The van der Waals surface area contributed by atoms with Gasteiger partial charge < -0.3 is 15.5 Å². The summed E-state index contributed by atoms with van der Waals surface area (Å²) in [6.07, 6.45) is 1.04. The quantitative estimate of drug-likeness (QED) is 0.421. The van der Waals surface area contributed by atoms with Crippen molar-refractivity contribution in [1.29, 1.82) is 0 Å². The van der Waals surface area contributed by atoms with Gasteiger partial charge in [-0.2, -0.15) is 0 Å². The van der Waals surface area contributed by atoms with Crippen molar-refractivity contribution in [3.05, 3.63) is 35.6 Å². The molecule has 0 aliphatic carbocycles. The molecule has 0 heterocycles. The summed E-state index contributed by atoms with van der Waals surface area (Å²) in [5, 5.41) is 6.66. The lowest BCUT2D eigenvalue weighted by atomic mass is 10.1. The molecule has 0 spiro atoms. The van der Waals surface area contributed by atoms with Gasteiger partial charge in [-0.3, -0.25) is 4.99 Å². The number of likely N-dealkylation sites (N-methyl/N-ethyl adjacent to an activating group) is 1. The third-order valence-corrected chi connectivity index (χ3v) is 3.56. The molecule has 0 aromatic heterocycles. The van der Waals surface area contributed by atoms with Crippen LogP contribution in [0.15, 0.2) is 29.3 Å². The second kappa shape index (κ2) is 10.8. The van der Waals surface area contributed by atoms with Gasteiger partial charge in [0.05, 0.1) is 6.04 Å². The van der Waals surface area contributed by atoms with Gasteiger partial charge in [-0.05, 0) is 45.1 Å². The average Bonchev–Trinajstić information content (AvgIpc) is 2.47. The van der Waals surface area contributed by atoms with E-state index in [1.165, 1.54) is 12.1 Å². The second-order valence-corrected chi connectivity index (χ2v) is 5.44. The maximum absolute atomic E-state index is 13.0. The van der Waals surface area contributed by atoms with Crippen LogP contribution in [0.3, 0.4) is 0 Å². The van der Waals surface area contributed by atoms with Gasteiger partial charge in [0.15, 0.2) is 5.96 Å². The van der Waals surface area contributed by atoms with Crippen LogP contribution >= 0.6 is 24.0 Å². The predicted octanol–water partition coefficient (Wildman–Crippen LogP) is 3.01. The topological polar surface area (TPSA) is 39.7 Å². The first-order chi connectivity index (χ1) is 9.97. The summed E-state index contributed by atoms with van der Waals surface area (Å²) in [6.45, 7) is 4.96. The minimum atomic E-state index is -0.210. The van der Waals surface area contributed by atoms with Crippen LogP contribution in [0.5, 0.6) is 0 Å². The maximum Gasteiger partial charge on any atom is 0.191 e. The highest BCUT2D eigenvalue weighted by Crippen LogP contribution is 2.17. The van der Waals surface area contributed by atoms with E-state index in [9.17, 15) is 4.39 Å². The number of nitrogens with one attached hydrogen (secondary N) is 2. The standard InChI is InChI=1S/C16H27FN4.HI/c1-6-12(2)20-16(18-3)19-11-15(21(4)5)13-7-9-14(17)10-8-13;/h7-10,12,15H,6,11H2,1-5H3,(H2,18,19,20);1H. The fourth-order valence-electron chi connectivity index (χ4n) is 2.01. The molecule has 0 amide bonds. The summed E-state index contributed by atoms with van der Waals surface area (Å²) >= 11 is 0. The van der Waals surface area contributed by atoms with E-state index in [4.69, 9.17) is 0 Å². The van der Waals surface area contributed by atoms with Crippen molar-refractivity contribution in [2.45, 2.75) is 32.4 Å². The van der Waals surface area contributed by atoms with E-state index in [1.54, 1.807) is 7.05 Å². The van der Waals surface area contributed by atoms with Gasteiger partial charge in [-0.15, -0.1) is 24.0 Å². The van der Waals surface area contributed by atoms with Gasteiger partial charge in [0.1, 0.15) is 5.82 Å². The van der Waals surface area contributed by atoms with Crippen LogP contribution in [0.2, 0.25) is 0 Å². The zero-order valence-corrected chi connectivity index (χ0v) is 16.4. The first-order valence-corrected chi connectivity index (χ1v) is 7.37. The molecule has 0 saturated heterocycles. The van der Waals surface area contributed by atoms with Crippen molar-refractivity contribution in [2.24, 2.45) is 4.99 Å². The van der Waals surface area contributed by atoms with Crippen molar-refractivity contribution in [1.82, 2.24) is 15.5 Å². The third-order valence-electron chi connectivity index (χ3n) is 3.56. The summed E-state index contributed by atoms with van der Waals surface area (Å²) in [5.74, 6) is 0.580. The number of rotatable bonds is 6. The van der Waals surface area contributed by atoms with Gasteiger partial charge >= 0.3 is 0 Å². The van der Waals surface area contributed by atoms with E-state index < -0.39 is 0 Å². The van der Waals surface area contributed by atoms with Crippen LogP contribution in [0.25, 0.3) is 0 Å². The zero-order chi connectivity index (χ0) is 15.8. The smallest absolute Gasteiger partial charge is 0.191 e. The SMILES string of the molecule is CCC(C)NC(=NC)NCC(c1ccc(F)cc1)N(C)C.I. The van der Waals surface area contributed by atoms with E-state index in [2.05, 4.69) is 34.4 Å². The number of aliphatic imine (C=N–C) groups is 1. The Morgan fingerprint density at radius 1 is 1.27 bits per heavy atom. The lowest BCUT2D eigenvalue weighted by molar-refractivity contribution is 0.297. The lowest BCUT2D eigenvalue weighted by Gasteiger charge is -2.26. The Bertz CT molecular complexity index is 448. The normalized spacial score (nSPS) is 14.2. The molecule has 0 aliphatic heterocycles. The summed E-state index contributed by atoms with van der Waals surface area (Å²) in [6, 6.07) is 7.18. The second-order valence-electron chi connectivity index (χ2n) is 5.44. The van der Waals surface area contributed by atoms with E-state index in [0.29, 0.717) is 12.6 Å². The van der Waals surface area contributed by atoms with Gasteiger partial charge in [-0.25, -0.2) is 4.39 Å². The number of halogens is 2. The fraction of sp³-hybridized carbons (Fsp3) is 0.562. The predicted molar refractivity (Wildman–Crippen MR) is 102 cm³/mol. The molecule has 0 radical (unpaired) electrons. The highest BCUT2D eigenvalue weighted by atomic mass is 127. The number of hydrogen-bond donors (Lipinski definition) is 2. The van der Waals surface area contributed by atoms with Crippen LogP contribution in [-0.2, 0) is 0 Å². The minimum Gasteiger partial charge on any atom is -0.354 e. The summed E-state index contributed by atoms with van der Waals surface area (Å²) < 4.78 is 13.0. The molecule has 22 heavy (non-hydrogen) atoms. The Balaban J connectivity index is 0.00000441. The van der Waals surface area contributed by atoms with E-state index in [1.807, 2.05) is 26.2 Å². The highest BCUT2D eigenvalue weighted by molar-refractivity contribution is 14.0. The Kier molecular flexibility index (Phi) is 10.3. The van der Waals surface area contributed by atoms with Crippen LogP contribution in [0.1, 0.15) is 31.9 Å². The van der Waals surface area contributed by atoms with Gasteiger partial charge in [0.25, 0.3) is 0 Å². The average molecular weight is 422 g/mol. The van der Waals surface area contributed by atoms with Crippen LogP contribution in [-0.4, -0.2) is 44.6 Å². The van der Waals surface area contributed by atoms with Crippen LogP contribution < -0.4 is 10.6 Å². The molecule has 4 nitrogen and oxygen atoms in total. The highest BCUT2D eigenvalue weighted by Gasteiger charge is 2.15. The fourth-order valence-corrected chi connectivity index (χ4v) is 2.01. The van der Waals surface area contributed by atoms with Gasteiger partial charge in [0.2, 0.25) is 0 Å². The summed E-state index contributed by atoms with van der Waals surface area (Å²) in [7, 11) is 5.79. The first-order valence-electron chi connectivity index (χ1n) is 7.37. The Hall–Kier alpha value is -0.890. The molecule has 2 atom stereocenters. The van der Waals surface area contributed by atoms with Crippen molar-refractivity contribution >= 4 is 29.9 Å². The monoisotopic (exact) mass is 422 g/mol. The number of nitrogens with zero attached hydrogens (tertiary/aromatic N) is 2. The Labute approximate surface area is 150 Å². The summed E-state index contributed by atoms with van der Waals surface area (Å²) in [5.41, 5.74) is 1.08. The molecule has 2 N–H and O–H groups in total. The molecular formula is C16H28FIN4. The molecule has 0 fully saturated rings. The zero-order valence-electron chi connectivity index (χ0n) is 14.1. The van der Waals surface area contributed by atoms with Crippen LogP contribution in [0, 0.1) is 5.82 Å². The number of hydrogen-bond acceptors (Lipinski definition) is 2. The van der Waals surface area contributed by atoms with E-state index in [-0.39, 0.29) is 35.8 Å². The third kappa shape index (κ3) is 6.91. The summed E-state index contributed by atoms with van der Waals surface area (Å²) in [4.78, 5) is 6.34. The lowest BCUT2D eigenvalue weighted by Crippen LogP contribution is -2.44. The number of benzene rings is 1. The molecule has 0 aliphatic rings. The molecule has 1 aromatic rings. The molecule has 1 aromatic carbocycles. The minimum absolute atomic E-state index is 0. The number of guanidine groups is 1. The van der Waals surface area contributed by atoms with Gasteiger partial charge in [-0.1, -0.05) is 19.1 Å². The molecule has 2 unspecified atom stereocenters. The molecule has 126 valence electrons. The van der Waals surface area contributed by atoms with E-state index >= 15 is 0 Å². The van der Waals surface area contributed by atoms with Crippen molar-refractivity contribution in [3.63, 3.8) is 0 Å². The first kappa shape index (κ1) is 21.1.